The second-order valence-electron chi connectivity index (χ2n) is 4.38. The summed E-state index contributed by atoms with van der Waals surface area (Å²) in [6, 6.07) is 1.93. The zero-order chi connectivity index (χ0) is 11.9. The van der Waals surface area contributed by atoms with Crippen LogP contribution in [0.15, 0.2) is 18.5 Å². The molecule has 1 aromatic heterocycles. The van der Waals surface area contributed by atoms with E-state index in [1.165, 1.54) is 31.6 Å². The number of methoxy groups -OCH3 is 1. The fraction of sp³-hybridized carbons (Fsp3) is 0.615. The standard InChI is InChI=1S/C13H21N3O/c1-17-13-4-5-15-11-12(13)3-2-8-16-9-6-14-7-10-16/h4-5,11,14H,2-3,6-10H2,1H3. The highest BCUT2D eigenvalue weighted by atomic mass is 16.5. The topological polar surface area (TPSA) is 37.4 Å². The second-order valence-corrected chi connectivity index (χ2v) is 4.38. The van der Waals surface area contributed by atoms with Gasteiger partial charge in [-0.05, 0) is 25.5 Å². The number of hydrogen-bond acceptors (Lipinski definition) is 4. The Morgan fingerprint density at radius 1 is 1.41 bits per heavy atom. The molecule has 2 rings (SSSR count). The predicted molar refractivity (Wildman–Crippen MR) is 68.4 cm³/mol. The number of nitrogens with zero attached hydrogens (tertiary/aromatic N) is 2. The molecule has 1 saturated heterocycles. The van der Waals surface area contributed by atoms with E-state index in [0.717, 1.165) is 25.3 Å². The molecule has 0 spiro atoms. The van der Waals surface area contributed by atoms with Gasteiger partial charge in [0, 0.05) is 44.1 Å². The summed E-state index contributed by atoms with van der Waals surface area (Å²) in [5.41, 5.74) is 1.21. The van der Waals surface area contributed by atoms with E-state index < -0.39 is 0 Å². The molecule has 17 heavy (non-hydrogen) atoms. The summed E-state index contributed by atoms with van der Waals surface area (Å²) in [5.74, 6) is 0.959. The van der Waals surface area contributed by atoms with Crippen molar-refractivity contribution in [1.82, 2.24) is 15.2 Å². The number of aryl methyl sites for hydroxylation is 1. The van der Waals surface area contributed by atoms with Gasteiger partial charge in [0.1, 0.15) is 5.75 Å². The van der Waals surface area contributed by atoms with E-state index in [1.54, 1.807) is 13.3 Å². The van der Waals surface area contributed by atoms with Crippen molar-refractivity contribution in [3.05, 3.63) is 24.0 Å². The molecule has 0 atom stereocenters. The van der Waals surface area contributed by atoms with E-state index in [4.69, 9.17) is 4.74 Å². The summed E-state index contributed by atoms with van der Waals surface area (Å²) in [5, 5.41) is 3.37. The van der Waals surface area contributed by atoms with Crippen molar-refractivity contribution in [3.8, 4) is 5.75 Å². The van der Waals surface area contributed by atoms with Crippen molar-refractivity contribution in [1.29, 1.82) is 0 Å². The molecule has 0 amide bonds. The van der Waals surface area contributed by atoms with Gasteiger partial charge in [-0.3, -0.25) is 4.98 Å². The van der Waals surface area contributed by atoms with Crippen molar-refractivity contribution >= 4 is 0 Å². The van der Waals surface area contributed by atoms with Crippen LogP contribution in [-0.4, -0.2) is 49.7 Å². The Morgan fingerprint density at radius 3 is 3.00 bits per heavy atom. The first kappa shape index (κ1) is 12.3. The Kier molecular flexibility index (Phi) is 4.76. The molecule has 4 nitrogen and oxygen atoms in total. The van der Waals surface area contributed by atoms with Gasteiger partial charge >= 0.3 is 0 Å². The lowest BCUT2D eigenvalue weighted by Crippen LogP contribution is -2.43. The van der Waals surface area contributed by atoms with Crippen molar-refractivity contribution in [2.24, 2.45) is 0 Å². The van der Waals surface area contributed by atoms with Gasteiger partial charge in [-0.25, -0.2) is 0 Å². The molecule has 1 aliphatic heterocycles. The van der Waals surface area contributed by atoms with Gasteiger partial charge in [0.25, 0.3) is 0 Å². The van der Waals surface area contributed by atoms with Crippen LogP contribution in [0.25, 0.3) is 0 Å². The van der Waals surface area contributed by atoms with Crippen LogP contribution in [0, 0.1) is 0 Å². The minimum absolute atomic E-state index is 0.959. The highest BCUT2D eigenvalue weighted by molar-refractivity contribution is 5.29. The SMILES string of the molecule is COc1ccncc1CCCN1CCNCC1. The van der Waals surface area contributed by atoms with Crippen molar-refractivity contribution in [2.45, 2.75) is 12.8 Å². The summed E-state index contributed by atoms with van der Waals surface area (Å²) < 4.78 is 5.32. The quantitative estimate of drug-likeness (QED) is 0.824. The van der Waals surface area contributed by atoms with Gasteiger partial charge in [0.2, 0.25) is 0 Å². The van der Waals surface area contributed by atoms with Gasteiger partial charge in [0.15, 0.2) is 0 Å². The number of piperazine rings is 1. The average molecular weight is 235 g/mol. The Hall–Kier alpha value is -1.13. The maximum Gasteiger partial charge on any atom is 0.125 e. The third kappa shape index (κ3) is 3.68. The van der Waals surface area contributed by atoms with E-state index in [0.29, 0.717) is 0 Å². The first-order valence-electron chi connectivity index (χ1n) is 6.30. The van der Waals surface area contributed by atoms with E-state index in [2.05, 4.69) is 15.2 Å². The van der Waals surface area contributed by atoms with Gasteiger partial charge in [-0.2, -0.15) is 0 Å². The number of ether oxygens (including phenoxy) is 1. The molecular weight excluding hydrogens is 214 g/mol. The van der Waals surface area contributed by atoms with Gasteiger partial charge in [-0.1, -0.05) is 0 Å². The summed E-state index contributed by atoms with van der Waals surface area (Å²) in [4.78, 5) is 6.67. The normalized spacial score (nSPS) is 17.0. The Balaban J connectivity index is 1.77. The highest BCUT2D eigenvalue weighted by Crippen LogP contribution is 2.17. The van der Waals surface area contributed by atoms with Crippen LogP contribution in [0.3, 0.4) is 0 Å². The molecule has 94 valence electrons. The summed E-state index contributed by atoms with van der Waals surface area (Å²) in [6.07, 6.45) is 5.90. The third-order valence-corrected chi connectivity index (χ3v) is 3.21. The van der Waals surface area contributed by atoms with E-state index in [1.807, 2.05) is 12.3 Å². The highest BCUT2D eigenvalue weighted by Gasteiger charge is 2.09. The number of pyridine rings is 1. The van der Waals surface area contributed by atoms with Gasteiger partial charge in [0.05, 0.1) is 7.11 Å². The molecule has 1 aromatic rings. The third-order valence-electron chi connectivity index (χ3n) is 3.21. The number of aromatic nitrogens is 1. The smallest absolute Gasteiger partial charge is 0.125 e. The van der Waals surface area contributed by atoms with Crippen molar-refractivity contribution < 1.29 is 4.74 Å². The number of rotatable bonds is 5. The maximum atomic E-state index is 5.32. The Morgan fingerprint density at radius 2 is 2.24 bits per heavy atom. The van der Waals surface area contributed by atoms with Crippen molar-refractivity contribution in [2.75, 3.05) is 39.8 Å². The number of nitrogens with one attached hydrogen (secondary N) is 1. The summed E-state index contributed by atoms with van der Waals surface area (Å²) in [7, 11) is 1.72. The lowest BCUT2D eigenvalue weighted by atomic mass is 10.1. The molecule has 0 bridgehead atoms. The van der Waals surface area contributed by atoms with Crippen LogP contribution >= 0.6 is 0 Å². The largest absolute Gasteiger partial charge is 0.496 e. The lowest BCUT2D eigenvalue weighted by molar-refractivity contribution is 0.238. The molecule has 0 aliphatic carbocycles. The van der Waals surface area contributed by atoms with Crippen LogP contribution in [0.1, 0.15) is 12.0 Å². The van der Waals surface area contributed by atoms with Crippen LogP contribution < -0.4 is 10.1 Å². The van der Waals surface area contributed by atoms with E-state index in [9.17, 15) is 0 Å². The summed E-state index contributed by atoms with van der Waals surface area (Å²) >= 11 is 0. The van der Waals surface area contributed by atoms with E-state index >= 15 is 0 Å². The molecule has 0 unspecified atom stereocenters. The molecule has 1 N–H and O–H groups in total. The zero-order valence-electron chi connectivity index (χ0n) is 10.5. The first-order chi connectivity index (χ1) is 8.40. The van der Waals surface area contributed by atoms with Crippen LogP contribution in [-0.2, 0) is 6.42 Å². The molecule has 0 aromatic carbocycles. The molecular formula is C13H21N3O. The van der Waals surface area contributed by atoms with E-state index in [-0.39, 0.29) is 0 Å². The second kappa shape index (κ2) is 6.57. The molecule has 0 saturated carbocycles. The van der Waals surface area contributed by atoms with Gasteiger partial charge in [-0.15, -0.1) is 0 Å². The van der Waals surface area contributed by atoms with Crippen LogP contribution in [0.2, 0.25) is 0 Å². The van der Waals surface area contributed by atoms with Crippen LogP contribution in [0.4, 0.5) is 0 Å². The monoisotopic (exact) mass is 235 g/mol. The lowest BCUT2D eigenvalue weighted by Gasteiger charge is -2.27. The fourth-order valence-corrected chi connectivity index (χ4v) is 2.23. The number of hydrogen-bond donors (Lipinski definition) is 1. The Labute approximate surface area is 103 Å². The molecule has 1 fully saturated rings. The fourth-order valence-electron chi connectivity index (χ4n) is 2.23. The molecule has 0 radical (unpaired) electrons. The predicted octanol–water partition coefficient (Wildman–Crippen LogP) is 0.928. The minimum Gasteiger partial charge on any atom is -0.496 e. The molecule has 4 heteroatoms. The summed E-state index contributed by atoms with van der Waals surface area (Å²) in [6.45, 7) is 5.75. The maximum absolute atomic E-state index is 5.32. The minimum atomic E-state index is 0.959. The molecule has 2 heterocycles. The first-order valence-corrected chi connectivity index (χ1v) is 6.30. The van der Waals surface area contributed by atoms with Gasteiger partial charge < -0.3 is 15.0 Å². The average Bonchev–Trinajstić information content (AvgIpc) is 2.40. The zero-order valence-corrected chi connectivity index (χ0v) is 10.5. The van der Waals surface area contributed by atoms with Crippen molar-refractivity contribution in [3.63, 3.8) is 0 Å². The Bertz CT molecular complexity index is 337. The molecule has 1 aliphatic rings. The van der Waals surface area contributed by atoms with Crippen LogP contribution in [0.5, 0.6) is 5.75 Å².